The Morgan fingerprint density at radius 3 is 2.52 bits per heavy atom. The van der Waals surface area contributed by atoms with Gasteiger partial charge in [-0.3, -0.25) is 4.79 Å². The first kappa shape index (κ1) is 16.7. The molecule has 1 aliphatic rings. The fourth-order valence-electron chi connectivity index (χ4n) is 2.56. The maximum Gasteiger partial charge on any atom is 0.391 e. The van der Waals surface area contributed by atoms with Crippen LogP contribution in [-0.4, -0.2) is 11.2 Å². The van der Waals surface area contributed by atoms with E-state index in [-0.39, 0.29) is 6.61 Å². The number of carbonyl (C=O) groups is 2. The van der Waals surface area contributed by atoms with E-state index in [1.165, 1.54) is 18.1 Å². The number of rotatable bonds is 3. The van der Waals surface area contributed by atoms with Crippen molar-refractivity contribution in [2.45, 2.75) is 20.0 Å². The highest BCUT2D eigenvalue weighted by atomic mass is 35.5. The number of nitriles is 1. The average Bonchev–Trinajstić information content (AvgIpc) is 2.92. The van der Waals surface area contributed by atoms with Crippen LogP contribution in [0.25, 0.3) is 11.1 Å². The molecule has 2 aromatic carbocycles. The Morgan fingerprint density at radius 2 is 1.83 bits per heavy atom. The van der Waals surface area contributed by atoms with Gasteiger partial charge < -0.3 is 4.74 Å². The van der Waals surface area contributed by atoms with E-state index in [0.717, 1.165) is 23.1 Å². The molecule has 0 spiro atoms. The van der Waals surface area contributed by atoms with Crippen molar-refractivity contribution in [2.75, 3.05) is 0 Å². The molecule has 0 unspecified atom stereocenters. The number of hydrogen-bond donors (Lipinski definition) is 0. The van der Waals surface area contributed by atoms with Crippen LogP contribution in [0.3, 0.4) is 0 Å². The Bertz CT molecular complexity index is 793. The third kappa shape index (κ3) is 3.77. The lowest BCUT2D eigenvalue weighted by molar-refractivity contribution is -0.151. The van der Waals surface area contributed by atoms with Crippen LogP contribution < -0.4 is 0 Å². The molecule has 116 valence electrons. The van der Waals surface area contributed by atoms with E-state index in [0.29, 0.717) is 0 Å². The van der Waals surface area contributed by atoms with Crippen molar-refractivity contribution in [1.82, 2.24) is 0 Å². The largest absolute Gasteiger partial charge is 0.454 e. The van der Waals surface area contributed by atoms with Crippen LogP contribution in [0.15, 0.2) is 42.5 Å². The van der Waals surface area contributed by atoms with Crippen LogP contribution in [0.5, 0.6) is 0 Å². The van der Waals surface area contributed by atoms with Gasteiger partial charge >= 0.3 is 11.2 Å². The standard InChI is InChI=1S/C16H11ClO3.C2H3N/c17-15(18)16(19)20-9-11-5-3-7-13-12-6-2-1-4-10(12)8-14(11)13;1-2-3/h1-7H,8-9H2;1H3. The van der Waals surface area contributed by atoms with Crippen LogP contribution in [-0.2, 0) is 27.4 Å². The SMILES string of the molecule is CC#N.O=C(Cl)C(=O)OCc1cccc2c1Cc1ccccc1-2. The van der Waals surface area contributed by atoms with Crippen LogP contribution >= 0.6 is 11.6 Å². The van der Waals surface area contributed by atoms with E-state index in [1.807, 2.05) is 24.3 Å². The Balaban J connectivity index is 0.000000595. The number of hydrogen-bond acceptors (Lipinski definition) is 4. The molecule has 0 amide bonds. The number of nitrogens with zero attached hydrogens (tertiary/aromatic N) is 1. The number of fused-ring (bicyclic) bond motifs is 3. The summed E-state index contributed by atoms with van der Waals surface area (Å²) in [5.74, 6) is -1.01. The summed E-state index contributed by atoms with van der Waals surface area (Å²) in [6, 6.07) is 15.8. The normalized spacial score (nSPS) is 10.5. The zero-order chi connectivity index (χ0) is 16.8. The molecule has 0 atom stereocenters. The Hall–Kier alpha value is -2.64. The van der Waals surface area contributed by atoms with Gasteiger partial charge in [0, 0.05) is 6.92 Å². The number of esters is 1. The molecule has 23 heavy (non-hydrogen) atoms. The minimum atomic E-state index is -1.10. The lowest BCUT2D eigenvalue weighted by atomic mass is 10.0. The Kier molecular flexibility index (Phi) is 5.51. The van der Waals surface area contributed by atoms with Crippen molar-refractivity contribution in [2.24, 2.45) is 0 Å². The molecule has 1 aliphatic carbocycles. The highest BCUT2D eigenvalue weighted by molar-refractivity contribution is 6.80. The van der Waals surface area contributed by atoms with E-state index in [1.54, 1.807) is 6.07 Å². The summed E-state index contributed by atoms with van der Waals surface area (Å²) < 4.78 is 4.89. The molecule has 4 nitrogen and oxygen atoms in total. The molecule has 0 bridgehead atoms. The van der Waals surface area contributed by atoms with Crippen molar-refractivity contribution >= 4 is 22.8 Å². The topological polar surface area (TPSA) is 67.2 Å². The van der Waals surface area contributed by atoms with Gasteiger partial charge in [-0.2, -0.15) is 5.26 Å². The second-order valence-corrected chi connectivity index (χ2v) is 5.19. The summed E-state index contributed by atoms with van der Waals surface area (Å²) in [4.78, 5) is 21.8. The minimum Gasteiger partial charge on any atom is -0.454 e. The smallest absolute Gasteiger partial charge is 0.391 e. The zero-order valence-corrected chi connectivity index (χ0v) is 13.3. The maximum atomic E-state index is 11.1. The second kappa shape index (κ2) is 7.57. The molecule has 0 aliphatic heterocycles. The monoisotopic (exact) mass is 327 g/mol. The zero-order valence-electron chi connectivity index (χ0n) is 12.5. The molecule has 0 fully saturated rings. The fourth-order valence-corrected chi connectivity index (χ4v) is 2.61. The fraction of sp³-hybridized carbons (Fsp3) is 0.167. The molecule has 0 aromatic heterocycles. The number of halogens is 1. The molecule has 0 saturated carbocycles. The molecule has 3 rings (SSSR count). The van der Waals surface area contributed by atoms with E-state index in [4.69, 9.17) is 21.6 Å². The first-order chi connectivity index (χ1) is 11.1. The van der Waals surface area contributed by atoms with Crippen molar-refractivity contribution in [1.29, 1.82) is 5.26 Å². The molecule has 0 radical (unpaired) electrons. The summed E-state index contributed by atoms with van der Waals surface area (Å²) in [5, 5.41) is 6.22. The van der Waals surface area contributed by atoms with Gasteiger partial charge in [0.15, 0.2) is 0 Å². The second-order valence-electron chi connectivity index (χ2n) is 4.85. The van der Waals surface area contributed by atoms with Gasteiger partial charge in [-0.05, 0) is 45.8 Å². The van der Waals surface area contributed by atoms with E-state index in [2.05, 4.69) is 18.2 Å². The molecule has 5 heteroatoms. The van der Waals surface area contributed by atoms with Gasteiger partial charge in [-0.15, -0.1) is 0 Å². The predicted octanol–water partition coefficient (Wildman–Crippen LogP) is 3.60. The lowest BCUT2D eigenvalue weighted by Crippen LogP contribution is -2.12. The molecular weight excluding hydrogens is 314 g/mol. The van der Waals surface area contributed by atoms with Gasteiger partial charge in [-0.1, -0.05) is 42.5 Å². The highest BCUT2D eigenvalue weighted by Crippen LogP contribution is 2.38. The molecule has 0 saturated heterocycles. The summed E-state index contributed by atoms with van der Waals surface area (Å²) in [6.07, 6.45) is 0.814. The summed E-state index contributed by atoms with van der Waals surface area (Å²) >= 11 is 5.07. The van der Waals surface area contributed by atoms with Gasteiger partial charge in [-0.25, -0.2) is 4.79 Å². The van der Waals surface area contributed by atoms with Crippen LogP contribution in [0.2, 0.25) is 0 Å². The van der Waals surface area contributed by atoms with Crippen molar-refractivity contribution in [3.63, 3.8) is 0 Å². The Labute approximate surface area is 139 Å². The number of carbonyl (C=O) groups excluding carboxylic acids is 2. The molecular formula is C18H14ClNO3. The first-order valence-corrected chi connectivity index (χ1v) is 7.32. The summed E-state index contributed by atoms with van der Waals surface area (Å²) in [7, 11) is 0. The van der Waals surface area contributed by atoms with Crippen molar-refractivity contribution < 1.29 is 14.3 Å². The number of benzene rings is 2. The average molecular weight is 328 g/mol. The van der Waals surface area contributed by atoms with Gasteiger partial charge in [0.1, 0.15) is 6.61 Å². The lowest BCUT2D eigenvalue weighted by Gasteiger charge is -2.08. The molecule has 0 N–H and O–H groups in total. The number of ether oxygens (including phenoxy) is 1. The van der Waals surface area contributed by atoms with E-state index < -0.39 is 11.2 Å². The van der Waals surface area contributed by atoms with Crippen LogP contribution in [0, 0.1) is 11.3 Å². The first-order valence-electron chi connectivity index (χ1n) is 6.95. The summed E-state index contributed by atoms with van der Waals surface area (Å²) in [5.41, 5.74) is 5.68. The molecule has 0 heterocycles. The van der Waals surface area contributed by atoms with Gasteiger partial charge in [0.25, 0.3) is 0 Å². The summed E-state index contributed by atoms with van der Waals surface area (Å²) in [6.45, 7) is 1.49. The van der Waals surface area contributed by atoms with E-state index in [9.17, 15) is 9.59 Å². The quantitative estimate of drug-likeness (QED) is 0.419. The minimum absolute atomic E-state index is 0.0639. The van der Waals surface area contributed by atoms with Crippen LogP contribution in [0.1, 0.15) is 23.6 Å². The van der Waals surface area contributed by atoms with Crippen LogP contribution in [0.4, 0.5) is 0 Å². The van der Waals surface area contributed by atoms with Crippen molar-refractivity contribution in [3.8, 4) is 17.2 Å². The highest BCUT2D eigenvalue weighted by Gasteiger charge is 2.21. The predicted molar refractivity (Wildman–Crippen MR) is 86.6 cm³/mol. The molecule has 2 aromatic rings. The maximum absolute atomic E-state index is 11.1. The van der Waals surface area contributed by atoms with Crippen molar-refractivity contribution in [3.05, 3.63) is 59.2 Å². The third-order valence-corrected chi connectivity index (χ3v) is 3.62. The Morgan fingerprint density at radius 1 is 1.17 bits per heavy atom. The van der Waals surface area contributed by atoms with Gasteiger partial charge in [0.05, 0.1) is 6.07 Å². The third-order valence-electron chi connectivity index (χ3n) is 3.47. The van der Waals surface area contributed by atoms with Gasteiger partial charge in [0.2, 0.25) is 0 Å². The van der Waals surface area contributed by atoms with E-state index >= 15 is 0 Å².